The van der Waals surface area contributed by atoms with Crippen molar-refractivity contribution in [3.63, 3.8) is 0 Å². The van der Waals surface area contributed by atoms with E-state index in [1.54, 1.807) is 35.2 Å². The zero-order valence-electron chi connectivity index (χ0n) is 15.3. The van der Waals surface area contributed by atoms with Gasteiger partial charge in [-0.15, -0.1) is 11.3 Å². The Bertz CT molecular complexity index is 742. The summed E-state index contributed by atoms with van der Waals surface area (Å²) in [6.07, 6.45) is 1.71. The minimum atomic E-state index is -0.476. The molecule has 1 aromatic carbocycles. The molecule has 0 unspecified atom stereocenters. The normalized spacial score (nSPS) is 10.8. The van der Waals surface area contributed by atoms with E-state index in [1.807, 2.05) is 38.3 Å². The standard InChI is InChI=1S/C19H24N2O3S2/c1-4-15(5-2)21-17(22)10-24-18(23)16-9-7-6-8-14(16)12-26-19-20-13(3)11-25-19/h6-9,11,15H,4-5,10,12H2,1-3H3,(H,21,22). The third-order valence-electron chi connectivity index (χ3n) is 3.87. The van der Waals surface area contributed by atoms with Gasteiger partial charge in [0.2, 0.25) is 0 Å². The molecule has 0 aliphatic rings. The molecule has 0 bridgehead atoms. The highest BCUT2D eigenvalue weighted by Gasteiger charge is 2.16. The van der Waals surface area contributed by atoms with Crippen LogP contribution >= 0.6 is 23.1 Å². The number of aromatic nitrogens is 1. The topological polar surface area (TPSA) is 68.3 Å². The van der Waals surface area contributed by atoms with Crippen LogP contribution in [0.25, 0.3) is 0 Å². The van der Waals surface area contributed by atoms with Crippen LogP contribution in [0.4, 0.5) is 0 Å². The van der Waals surface area contributed by atoms with Gasteiger partial charge in [-0.25, -0.2) is 9.78 Å². The maximum atomic E-state index is 12.4. The molecular weight excluding hydrogens is 368 g/mol. The first-order valence-electron chi connectivity index (χ1n) is 8.62. The Morgan fingerprint density at radius 1 is 1.27 bits per heavy atom. The van der Waals surface area contributed by atoms with E-state index < -0.39 is 5.97 Å². The number of thioether (sulfide) groups is 1. The lowest BCUT2D eigenvalue weighted by Gasteiger charge is -2.15. The summed E-state index contributed by atoms with van der Waals surface area (Å²) < 4.78 is 6.17. The molecule has 2 aromatic rings. The number of carbonyl (C=O) groups excluding carboxylic acids is 2. The lowest BCUT2D eigenvalue weighted by Crippen LogP contribution is -2.36. The Morgan fingerprint density at radius 2 is 2.00 bits per heavy atom. The predicted molar refractivity (Wildman–Crippen MR) is 106 cm³/mol. The van der Waals surface area contributed by atoms with Gasteiger partial charge in [0.25, 0.3) is 5.91 Å². The fourth-order valence-electron chi connectivity index (χ4n) is 2.35. The van der Waals surface area contributed by atoms with E-state index in [-0.39, 0.29) is 18.6 Å². The molecule has 1 aromatic heterocycles. The second kappa shape index (κ2) is 10.3. The maximum Gasteiger partial charge on any atom is 0.338 e. The summed E-state index contributed by atoms with van der Waals surface area (Å²) in [6, 6.07) is 7.42. The Kier molecular flexibility index (Phi) is 8.12. The second-order valence-electron chi connectivity index (χ2n) is 5.86. The molecule has 0 spiro atoms. The lowest BCUT2D eigenvalue weighted by atomic mass is 10.1. The number of hydrogen-bond acceptors (Lipinski definition) is 6. The Hall–Kier alpha value is -1.86. The molecule has 1 heterocycles. The van der Waals surface area contributed by atoms with Crippen LogP contribution in [-0.4, -0.2) is 29.5 Å². The van der Waals surface area contributed by atoms with Crippen LogP contribution in [0.1, 0.15) is 48.3 Å². The fraction of sp³-hybridized carbons (Fsp3) is 0.421. The molecule has 1 amide bonds. The Labute approximate surface area is 162 Å². The molecule has 26 heavy (non-hydrogen) atoms. The molecule has 0 atom stereocenters. The van der Waals surface area contributed by atoms with E-state index in [0.717, 1.165) is 28.4 Å². The Balaban J connectivity index is 1.93. The van der Waals surface area contributed by atoms with Gasteiger partial charge in [-0.2, -0.15) is 0 Å². The first-order chi connectivity index (χ1) is 12.5. The first kappa shape index (κ1) is 20.5. The lowest BCUT2D eigenvalue weighted by molar-refractivity contribution is -0.125. The van der Waals surface area contributed by atoms with Gasteiger partial charge in [0, 0.05) is 22.9 Å². The van der Waals surface area contributed by atoms with Crippen molar-refractivity contribution in [3.8, 4) is 0 Å². The molecule has 0 aliphatic carbocycles. The van der Waals surface area contributed by atoms with Gasteiger partial charge < -0.3 is 10.1 Å². The Morgan fingerprint density at radius 3 is 2.65 bits per heavy atom. The van der Waals surface area contributed by atoms with Gasteiger partial charge in [0.15, 0.2) is 6.61 Å². The van der Waals surface area contributed by atoms with Gasteiger partial charge >= 0.3 is 5.97 Å². The average molecular weight is 393 g/mol. The summed E-state index contributed by atoms with van der Waals surface area (Å²) in [5, 5.41) is 4.86. The van der Waals surface area contributed by atoms with Gasteiger partial charge in [0.1, 0.15) is 4.34 Å². The summed E-state index contributed by atoms with van der Waals surface area (Å²) in [5.41, 5.74) is 2.35. The molecule has 7 heteroatoms. The van der Waals surface area contributed by atoms with Crippen LogP contribution < -0.4 is 5.32 Å². The number of carbonyl (C=O) groups is 2. The minimum absolute atomic E-state index is 0.117. The average Bonchev–Trinajstić information content (AvgIpc) is 3.08. The van der Waals surface area contributed by atoms with E-state index in [1.165, 1.54) is 0 Å². The van der Waals surface area contributed by atoms with E-state index in [0.29, 0.717) is 11.3 Å². The van der Waals surface area contributed by atoms with Crippen molar-refractivity contribution in [1.82, 2.24) is 10.3 Å². The molecule has 0 fully saturated rings. The van der Waals surface area contributed by atoms with Gasteiger partial charge in [-0.1, -0.05) is 43.8 Å². The van der Waals surface area contributed by atoms with Crippen molar-refractivity contribution in [2.75, 3.05) is 6.61 Å². The van der Waals surface area contributed by atoms with Crippen LogP contribution in [0.15, 0.2) is 34.0 Å². The van der Waals surface area contributed by atoms with E-state index >= 15 is 0 Å². The van der Waals surface area contributed by atoms with E-state index in [4.69, 9.17) is 4.74 Å². The summed E-state index contributed by atoms with van der Waals surface area (Å²) in [5.74, 6) is -0.119. The number of esters is 1. The van der Waals surface area contributed by atoms with Crippen LogP contribution in [0.2, 0.25) is 0 Å². The van der Waals surface area contributed by atoms with E-state index in [2.05, 4.69) is 10.3 Å². The number of ether oxygens (including phenoxy) is 1. The van der Waals surface area contributed by atoms with E-state index in [9.17, 15) is 9.59 Å². The molecule has 0 radical (unpaired) electrons. The highest BCUT2D eigenvalue weighted by Crippen LogP contribution is 2.27. The molecule has 5 nitrogen and oxygen atoms in total. The number of thiazole rings is 1. The van der Waals surface area contributed by atoms with Crippen molar-refractivity contribution in [1.29, 1.82) is 0 Å². The van der Waals surface area contributed by atoms with Crippen LogP contribution in [-0.2, 0) is 15.3 Å². The highest BCUT2D eigenvalue weighted by molar-refractivity contribution is 8.00. The highest BCUT2D eigenvalue weighted by atomic mass is 32.2. The summed E-state index contributed by atoms with van der Waals surface area (Å²) in [4.78, 5) is 28.7. The van der Waals surface area contributed by atoms with Crippen molar-refractivity contribution in [3.05, 3.63) is 46.5 Å². The fourth-order valence-corrected chi connectivity index (χ4v) is 4.21. The number of hydrogen-bond donors (Lipinski definition) is 1. The molecule has 1 N–H and O–H groups in total. The number of nitrogens with zero attached hydrogens (tertiary/aromatic N) is 1. The number of aryl methyl sites for hydroxylation is 1. The van der Waals surface area contributed by atoms with Crippen molar-refractivity contribution < 1.29 is 14.3 Å². The van der Waals surface area contributed by atoms with Crippen LogP contribution in [0, 0.1) is 6.92 Å². The van der Waals surface area contributed by atoms with Gasteiger partial charge in [-0.3, -0.25) is 4.79 Å². The van der Waals surface area contributed by atoms with Crippen molar-refractivity contribution in [2.45, 2.75) is 49.7 Å². The summed E-state index contributed by atoms with van der Waals surface area (Å²) >= 11 is 3.17. The SMILES string of the molecule is CCC(CC)NC(=O)COC(=O)c1ccccc1CSc1nc(C)cs1. The largest absolute Gasteiger partial charge is 0.452 e. The zero-order chi connectivity index (χ0) is 18.9. The maximum absolute atomic E-state index is 12.4. The monoisotopic (exact) mass is 392 g/mol. The molecule has 140 valence electrons. The van der Waals surface area contributed by atoms with Crippen LogP contribution in [0.5, 0.6) is 0 Å². The molecule has 0 saturated heterocycles. The summed E-state index contributed by atoms with van der Waals surface area (Å²) in [7, 11) is 0. The summed E-state index contributed by atoms with van der Waals surface area (Å²) in [6.45, 7) is 5.72. The quantitative estimate of drug-likeness (QED) is 0.511. The van der Waals surface area contributed by atoms with Crippen molar-refractivity contribution >= 4 is 35.0 Å². The molecule has 0 aliphatic heterocycles. The predicted octanol–water partition coefficient (Wildman–Crippen LogP) is 4.21. The van der Waals surface area contributed by atoms with Gasteiger partial charge in [0.05, 0.1) is 5.56 Å². The minimum Gasteiger partial charge on any atom is -0.452 e. The number of amides is 1. The molecular formula is C19H24N2O3S2. The molecule has 2 rings (SSSR count). The van der Waals surface area contributed by atoms with Crippen molar-refractivity contribution in [2.24, 2.45) is 0 Å². The second-order valence-corrected chi connectivity index (χ2v) is 7.94. The number of rotatable bonds is 9. The van der Waals surface area contributed by atoms with Crippen LogP contribution in [0.3, 0.4) is 0 Å². The third kappa shape index (κ3) is 6.14. The smallest absolute Gasteiger partial charge is 0.338 e. The zero-order valence-corrected chi connectivity index (χ0v) is 16.9. The number of nitrogens with one attached hydrogen (secondary N) is 1. The van der Waals surface area contributed by atoms with Gasteiger partial charge in [-0.05, 0) is 31.4 Å². The number of benzene rings is 1. The molecule has 0 saturated carbocycles. The third-order valence-corrected chi connectivity index (χ3v) is 6.06. The first-order valence-corrected chi connectivity index (χ1v) is 10.5.